The number of benzene rings is 1. The van der Waals surface area contributed by atoms with E-state index < -0.39 is 66.9 Å². The second kappa shape index (κ2) is 15.6. The standard InChI is InChI=1S/C22H32N4O9S/c1-36-9-8-15(20(32)25-16(22(34)35)6-7-18(29)30)24-21(33)17(26-19(31)14(23)11-27)10-12-2-4-13(28)5-3-12/h2-5,14-17,27-28H,6-11,23H2,1H3,(H,24,33)(H,25,32)(H,26,31)(H,29,30)(H,34,35). The van der Waals surface area contributed by atoms with Crippen LogP contribution in [0.2, 0.25) is 0 Å². The van der Waals surface area contributed by atoms with Crippen molar-refractivity contribution in [2.75, 3.05) is 18.6 Å². The Bertz CT molecular complexity index is 913. The van der Waals surface area contributed by atoms with Crippen LogP contribution in [0.25, 0.3) is 0 Å². The first kappa shape index (κ1) is 30.7. The lowest BCUT2D eigenvalue weighted by atomic mass is 10.0. The molecule has 13 nitrogen and oxygen atoms in total. The third-order valence-electron chi connectivity index (χ3n) is 5.05. The molecular formula is C22H32N4O9S. The van der Waals surface area contributed by atoms with E-state index in [1.54, 1.807) is 6.26 Å². The van der Waals surface area contributed by atoms with Gasteiger partial charge in [-0.2, -0.15) is 11.8 Å². The van der Waals surface area contributed by atoms with Crippen molar-refractivity contribution in [2.24, 2.45) is 5.73 Å². The topological polar surface area (TPSA) is 228 Å². The number of hydrogen-bond acceptors (Lipinski definition) is 9. The van der Waals surface area contributed by atoms with Crippen molar-refractivity contribution >= 4 is 41.4 Å². The summed E-state index contributed by atoms with van der Waals surface area (Å²) in [7, 11) is 0. The zero-order valence-electron chi connectivity index (χ0n) is 19.7. The highest BCUT2D eigenvalue weighted by Gasteiger charge is 2.30. The summed E-state index contributed by atoms with van der Waals surface area (Å²) < 4.78 is 0. The van der Waals surface area contributed by atoms with Crippen LogP contribution in [0.1, 0.15) is 24.8 Å². The largest absolute Gasteiger partial charge is 0.508 e. The Morgan fingerprint density at radius 2 is 1.44 bits per heavy atom. The van der Waals surface area contributed by atoms with Crippen molar-refractivity contribution in [2.45, 2.75) is 49.9 Å². The molecular weight excluding hydrogens is 496 g/mol. The van der Waals surface area contributed by atoms with Gasteiger partial charge < -0.3 is 42.1 Å². The van der Waals surface area contributed by atoms with Gasteiger partial charge in [0.1, 0.15) is 29.9 Å². The molecule has 0 fully saturated rings. The summed E-state index contributed by atoms with van der Waals surface area (Å²) in [5.74, 6) is -4.61. The fourth-order valence-electron chi connectivity index (χ4n) is 3.01. The van der Waals surface area contributed by atoms with Gasteiger partial charge in [-0.15, -0.1) is 0 Å². The van der Waals surface area contributed by atoms with E-state index in [2.05, 4.69) is 16.0 Å². The normalized spacial score (nSPS) is 14.1. The fraction of sp³-hybridized carbons (Fsp3) is 0.500. The smallest absolute Gasteiger partial charge is 0.326 e. The van der Waals surface area contributed by atoms with Crippen LogP contribution < -0.4 is 21.7 Å². The van der Waals surface area contributed by atoms with Crippen molar-refractivity contribution in [1.29, 1.82) is 0 Å². The summed E-state index contributed by atoms with van der Waals surface area (Å²) in [6.45, 7) is -0.662. The number of aliphatic hydroxyl groups excluding tert-OH is 1. The van der Waals surface area contributed by atoms with Crippen LogP contribution in [-0.2, 0) is 30.4 Å². The molecule has 14 heteroatoms. The maximum absolute atomic E-state index is 13.1. The number of carboxylic acids is 2. The molecule has 0 heterocycles. The molecule has 0 aliphatic rings. The molecule has 1 aromatic carbocycles. The number of aliphatic carboxylic acids is 2. The lowest BCUT2D eigenvalue weighted by Crippen LogP contribution is -2.58. The number of carbonyl (C=O) groups excluding carboxylic acids is 3. The summed E-state index contributed by atoms with van der Waals surface area (Å²) in [6, 6.07) is 0.691. The van der Waals surface area contributed by atoms with E-state index in [1.807, 2.05) is 0 Å². The van der Waals surface area contributed by atoms with Gasteiger partial charge >= 0.3 is 11.9 Å². The first-order valence-electron chi connectivity index (χ1n) is 11.0. The number of rotatable bonds is 16. The summed E-state index contributed by atoms with van der Waals surface area (Å²) in [6.07, 6.45) is 1.03. The molecule has 200 valence electrons. The van der Waals surface area contributed by atoms with Crippen LogP contribution in [0.4, 0.5) is 0 Å². The van der Waals surface area contributed by atoms with E-state index in [1.165, 1.54) is 36.0 Å². The molecule has 0 aromatic heterocycles. The minimum absolute atomic E-state index is 0.00391. The van der Waals surface area contributed by atoms with Gasteiger partial charge in [-0.3, -0.25) is 19.2 Å². The van der Waals surface area contributed by atoms with E-state index in [0.717, 1.165) is 0 Å². The fourth-order valence-corrected chi connectivity index (χ4v) is 3.48. The van der Waals surface area contributed by atoms with E-state index in [4.69, 9.17) is 15.9 Å². The monoisotopic (exact) mass is 528 g/mol. The molecule has 0 saturated heterocycles. The Hall–Kier alpha value is -3.36. The first-order valence-corrected chi connectivity index (χ1v) is 12.4. The van der Waals surface area contributed by atoms with E-state index in [0.29, 0.717) is 11.3 Å². The van der Waals surface area contributed by atoms with Gasteiger partial charge in [0.2, 0.25) is 17.7 Å². The third kappa shape index (κ3) is 10.9. The Morgan fingerprint density at radius 3 is 1.97 bits per heavy atom. The van der Waals surface area contributed by atoms with Gasteiger partial charge in [0.25, 0.3) is 0 Å². The molecule has 0 aliphatic heterocycles. The molecule has 9 N–H and O–H groups in total. The number of aromatic hydroxyl groups is 1. The lowest BCUT2D eigenvalue weighted by Gasteiger charge is -2.25. The number of hydrogen-bond donors (Lipinski definition) is 8. The molecule has 1 aromatic rings. The molecule has 0 aliphatic carbocycles. The highest BCUT2D eigenvalue weighted by molar-refractivity contribution is 7.98. The average Bonchev–Trinajstić information content (AvgIpc) is 2.83. The van der Waals surface area contributed by atoms with Crippen LogP contribution in [0.15, 0.2) is 24.3 Å². The Morgan fingerprint density at radius 1 is 0.889 bits per heavy atom. The number of nitrogens with two attached hydrogens (primary N) is 1. The summed E-state index contributed by atoms with van der Waals surface area (Å²) in [5, 5.41) is 44.0. The molecule has 0 bridgehead atoms. The molecule has 36 heavy (non-hydrogen) atoms. The number of nitrogens with one attached hydrogen (secondary N) is 3. The zero-order chi connectivity index (χ0) is 27.3. The summed E-state index contributed by atoms with van der Waals surface area (Å²) in [5.41, 5.74) is 6.10. The molecule has 3 amide bonds. The predicted octanol–water partition coefficient (Wildman–Crippen LogP) is -1.59. The predicted molar refractivity (Wildman–Crippen MR) is 130 cm³/mol. The summed E-state index contributed by atoms with van der Waals surface area (Å²) >= 11 is 1.38. The Kier molecular flexibility index (Phi) is 13.3. The average molecular weight is 529 g/mol. The number of thioether (sulfide) groups is 1. The third-order valence-corrected chi connectivity index (χ3v) is 5.69. The highest BCUT2D eigenvalue weighted by Crippen LogP contribution is 2.12. The maximum atomic E-state index is 13.1. The quantitative estimate of drug-likeness (QED) is 0.122. The van der Waals surface area contributed by atoms with Crippen LogP contribution in [0.5, 0.6) is 5.75 Å². The second-order valence-electron chi connectivity index (χ2n) is 7.90. The van der Waals surface area contributed by atoms with Gasteiger partial charge in [-0.05, 0) is 42.5 Å². The first-order chi connectivity index (χ1) is 17.0. The molecule has 4 unspecified atom stereocenters. The molecule has 0 saturated carbocycles. The summed E-state index contributed by atoms with van der Waals surface area (Å²) in [4.78, 5) is 60.5. The molecule has 0 spiro atoms. The maximum Gasteiger partial charge on any atom is 0.326 e. The molecule has 4 atom stereocenters. The lowest BCUT2D eigenvalue weighted by molar-refractivity contribution is -0.143. The van der Waals surface area contributed by atoms with E-state index >= 15 is 0 Å². The number of phenols is 1. The van der Waals surface area contributed by atoms with Crippen LogP contribution in [0, 0.1) is 0 Å². The minimum Gasteiger partial charge on any atom is -0.508 e. The number of carboxylic acid groups (broad SMARTS) is 2. The van der Waals surface area contributed by atoms with Gasteiger partial charge in [-0.25, -0.2) is 4.79 Å². The van der Waals surface area contributed by atoms with Crippen molar-refractivity contribution in [3.63, 3.8) is 0 Å². The van der Waals surface area contributed by atoms with Crippen LogP contribution >= 0.6 is 11.8 Å². The van der Waals surface area contributed by atoms with Gasteiger partial charge in [0, 0.05) is 12.8 Å². The molecule has 1 rings (SSSR count). The van der Waals surface area contributed by atoms with Crippen LogP contribution in [0.3, 0.4) is 0 Å². The number of aliphatic hydroxyl groups is 1. The SMILES string of the molecule is CSCCC(NC(=O)C(Cc1ccc(O)cc1)NC(=O)C(N)CO)C(=O)NC(CCC(=O)O)C(=O)O. The highest BCUT2D eigenvalue weighted by atomic mass is 32.2. The van der Waals surface area contributed by atoms with E-state index in [-0.39, 0.29) is 25.0 Å². The Balaban J connectivity index is 3.07. The second-order valence-corrected chi connectivity index (χ2v) is 8.88. The van der Waals surface area contributed by atoms with Crippen molar-refractivity contribution in [3.05, 3.63) is 29.8 Å². The van der Waals surface area contributed by atoms with Gasteiger partial charge in [-0.1, -0.05) is 12.1 Å². The number of carbonyl (C=O) groups is 5. The van der Waals surface area contributed by atoms with Gasteiger partial charge in [0.15, 0.2) is 0 Å². The van der Waals surface area contributed by atoms with Crippen molar-refractivity contribution < 1.29 is 44.4 Å². The molecule has 0 radical (unpaired) electrons. The van der Waals surface area contributed by atoms with Crippen molar-refractivity contribution in [1.82, 2.24) is 16.0 Å². The minimum atomic E-state index is -1.47. The Labute approximate surface area is 211 Å². The van der Waals surface area contributed by atoms with Crippen LogP contribution in [-0.4, -0.2) is 92.9 Å². The van der Waals surface area contributed by atoms with Gasteiger partial charge in [0.05, 0.1) is 6.61 Å². The van der Waals surface area contributed by atoms with E-state index in [9.17, 15) is 34.2 Å². The van der Waals surface area contributed by atoms with Crippen molar-refractivity contribution in [3.8, 4) is 5.75 Å². The number of amides is 3. The zero-order valence-corrected chi connectivity index (χ0v) is 20.5. The number of phenolic OH excluding ortho intramolecular Hbond substituents is 1.